The Labute approximate surface area is 178 Å². The molecule has 1 saturated heterocycles. The van der Waals surface area contributed by atoms with Crippen LogP contribution in [0.5, 0.6) is 17.2 Å². The zero-order chi connectivity index (χ0) is 22.1. The number of rotatable bonds is 5. The minimum absolute atomic E-state index is 0.147. The van der Waals surface area contributed by atoms with Gasteiger partial charge in [0.05, 0.1) is 20.1 Å². The van der Waals surface area contributed by atoms with E-state index in [2.05, 4.69) is 0 Å². The first-order valence-corrected chi connectivity index (χ1v) is 9.87. The normalized spacial score (nSPS) is 30.3. The highest BCUT2D eigenvalue weighted by Crippen LogP contribution is 2.42. The van der Waals surface area contributed by atoms with Gasteiger partial charge in [-0.15, -0.1) is 0 Å². The van der Waals surface area contributed by atoms with Gasteiger partial charge in [0.2, 0.25) is 6.29 Å². The van der Waals surface area contributed by atoms with Gasteiger partial charge in [-0.3, -0.25) is 4.79 Å². The van der Waals surface area contributed by atoms with Crippen molar-refractivity contribution in [2.75, 3.05) is 13.7 Å². The number of Topliss-reactive ketones (excluding diaryl/α,β-unsaturated/α-hetero) is 1. The number of aliphatic hydroxyl groups excluding tert-OH is 4. The minimum atomic E-state index is -1.57. The predicted octanol–water partition coefficient (Wildman–Crippen LogP) is 0.580. The van der Waals surface area contributed by atoms with Crippen molar-refractivity contribution in [1.82, 2.24) is 0 Å². The summed E-state index contributed by atoms with van der Waals surface area (Å²) in [7, 11) is 1.41. The Balaban J connectivity index is 1.63. The third-order valence-corrected chi connectivity index (χ3v) is 5.45. The molecule has 0 spiro atoms. The second-order valence-electron chi connectivity index (χ2n) is 7.46. The van der Waals surface area contributed by atoms with E-state index in [0.717, 1.165) is 5.56 Å². The number of ether oxygens (including phenoxy) is 4. The van der Waals surface area contributed by atoms with Crippen LogP contribution in [0.3, 0.4) is 0 Å². The van der Waals surface area contributed by atoms with Gasteiger partial charge in [-0.05, 0) is 5.56 Å². The van der Waals surface area contributed by atoms with Crippen LogP contribution in [0.25, 0.3) is 0 Å². The highest BCUT2D eigenvalue weighted by molar-refractivity contribution is 6.02. The van der Waals surface area contributed by atoms with Crippen LogP contribution in [0, 0.1) is 0 Å². The molecule has 9 heteroatoms. The number of ketones is 1. The van der Waals surface area contributed by atoms with Crippen LogP contribution in [0.15, 0.2) is 42.5 Å². The van der Waals surface area contributed by atoms with Crippen LogP contribution in [0.4, 0.5) is 0 Å². The molecule has 0 amide bonds. The Morgan fingerprint density at radius 1 is 1.06 bits per heavy atom. The molecule has 166 valence electrons. The molecule has 0 aliphatic carbocycles. The van der Waals surface area contributed by atoms with Gasteiger partial charge in [0.1, 0.15) is 53.3 Å². The number of carbonyl (C=O) groups excluding carboxylic acids is 1. The fourth-order valence-corrected chi connectivity index (χ4v) is 3.78. The minimum Gasteiger partial charge on any atom is -0.496 e. The fraction of sp³-hybridized carbons (Fsp3) is 0.409. The van der Waals surface area contributed by atoms with Crippen LogP contribution < -0.4 is 14.2 Å². The van der Waals surface area contributed by atoms with Crippen molar-refractivity contribution in [1.29, 1.82) is 0 Å². The average Bonchev–Trinajstić information content (AvgIpc) is 2.79. The van der Waals surface area contributed by atoms with Gasteiger partial charge in [-0.1, -0.05) is 30.3 Å². The summed E-state index contributed by atoms with van der Waals surface area (Å²) in [6.45, 7) is -0.575. The maximum atomic E-state index is 12.8. The molecular weight excluding hydrogens is 408 g/mol. The molecule has 4 rings (SSSR count). The quantitative estimate of drug-likeness (QED) is 0.535. The van der Waals surface area contributed by atoms with Crippen LogP contribution in [-0.4, -0.2) is 70.6 Å². The van der Waals surface area contributed by atoms with Gasteiger partial charge >= 0.3 is 0 Å². The Morgan fingerprint density at radius 3 is 2.48 bits per heavy atom. The topological polar surface area (TPSA) is 135 Å². The van der Waals surface area contributed by atoms with Crippen molar-refractivity contribution in [2.24, 2.45) is 0 Å². The van der Waals surface area contributed by atoms with Gasteiger partial charge in [0.15, 0.2) is 5.78 Å². The highest BCUT2D eigenvalue weighted by atomic mass is 16.7. The van der Waals surface area contributed by atoms with Crippen molar-refractivity contribution >= 4 is 5.78 Å². The standard InChI is InChI=1S/C22H24O9/c1-28-15-7-12(29-22-21(27)20(26)19(25)17(10-23)31-22)8-16-18(15)13(24)9-14(30-16)11-5-3-2-4-6-11/h2-8,14,17,19-23,25-27H,9-10H2,1H3. The molecule has 0 bridgehead atoms. The molecular formula is C22H24O9. The van der Waals surface area contributed by atoms with Gasteiger partial charge in [0.25, 0.3) is 0 Å². The molecule has 9 nitrogen and oxygen atoms in total. The molecule has 2 heterocycles. The van der Waals surface area contributed by atoms with Crippen LogP contribution in [0.1, 0.15) is 28.4 Å². The summed E-state index contributed by atoms with van der Waals surface area (Å²) in [6.07, 6.45) is -7.44. The SMILES string of the molecule is COc1cc(OC2OC(CO)C(O)C(O)C2O)cc2c1C(=O)CC(c1ccccc1)O2. The Bertz CT molecular complexity index is 930. The van der Waals surface area contributed by atoms with Crippen LogP contribution in [-0.2, 0) is 4.74 Å². The largest absolute Gasteiger partial charge is 0.496 e. The lowest BCUT2D eigenvalue weighted by molar-refractivity contribution is -0.277. The molecule has 4 N–H and O–H groups in total. The van der Waals surface area contributed by atoms with E-state index < -0.39 is 43.4 Å². The average molecular weight is 432 g/mol. The maximum Gasteiger partial charge on any atom is 0.229 e. The Morgan fingerprint density at radius 2 is 1.81 bits per heavy atom. The maximum absolute atomic E-state index is 12.8. The van der Waals surface area contributed by atoms with E-state index >= 15 is 0 Å². The number of hydrogen-bond donors (Lipinski definition) is 4. The number of benzene rings is 2. The summed E-state index contributed by atoms with van der Waals surface area (Å²) < 4.78 is 22.5. The number of aliphatic hydroxyl groups is 4. The zero-order valence-corrected chi connectivity index (χ0v) is 16.7. The number of hydrogen-bond acceptors (Lipinski definition) is 9. The van der Waals surface area contributed by atoms with Crippen molar-refractivity contribution < 1.29 is 44.2 Å². The van der Waals surface area contributed by atoms with Gasteiger partial charge < -0.3 is 39.4 Å². The van der Waals surface area contributed by atoms with Crippen LogP contribution in [0.2, 0.25) is 0 Å². The lowest BCUT2D eigenvalue weighted by Gasteiger charge is -2.39. The predicted molar refractivity (Wildman–Crippen MR) is 106 cm³/mol. The van der Waals surface area contributed by atoms with Crippen molar-refractivity contribution in [3.8, 4) is 17.2 Å². The molecule has 0 radical (unpaired) electrons. The Kier molecular flexibility index (Phi) is 6.12. The van der Waals surface area contributed by atoms with E-state index in [1.165, 1.54) is 19.2 Å². The van der Waals surface area contributed by atoms with Crippen LogP contribution >= 0.6 is 0 Å². The first-order valence-electron chi connectivity index (χ1n) is 9.87. The number of carbonyl (C=O) groups is 1. The van der Waals surface area contributed by atoms with E-state index in [1.54, 1.807) is 0 Å². The fourth-order valence-electron chi connectivity index (χ4n) is 3.78. The van der Waals surface area contributed by atoms with E-state index in [9.17, 15) is 25.2 Å². The number of fused-ring (bicyclic) bond motifs is 1. The summed E-state index contributed by atoms with van der Waals surface area (Å²) in [5.74, 6) is 0.491. The molecule has 1 fully saturated rings. The highest BCUT2D eigenvalue weighted by Gasteiger charge is 2.45. The molecule has 2 aromatic rings. The summed E-state index contributed by atoms with van der Waals surface area (Å²) in [6, 6.07) is 12.3. The van der Waals surface area contributed by atoms with E-state index in [1.807, 2.05) is 30.3 Å². The summed E-state index contributed by atoms with van der Waals surface area (Å²) in [5, 5.41) is 39.5. The zero-order valence-electron chi connectivity index (χ0n) is 16.7. The summed E-state index contributed by atoms with van der Waals surface area (Å²) in [4.78, 5) is 12.8. The molecule has 6 atom stereocenters. The lowest BCUT2D eigenvalue weighted by Crippen LogP contribution is -2.60. The third-order valence-electron chi connectivity index (χ3n) is 5.45. The van der Waals surface area contributed by atoms with Gasteiger partial charge in [-0.2, -0.15) is 0 Å². The molecule has 0 aromatic heterocycles. The molecule has 6 unspecified atom stereocenters. The number of methoxy groups -OCH3 is 1. The van der Waals surface area contributed by atoms with Crippen molar-refractivity contribution in [3.05, 3.63) is 53.6 Å². The molecule has 2 aromatic carbocycles. The molecule has 31 heavy (non-hydrogen) atoms. The second kappa shape index (κ2) is 8.81. The molecule has 2 aliphatic heterocycles. The monoisotopic (exact) mass is 432 g/mol. The Hall–Kier alpha value is -2.69. The van der Waals surface area contributed by atoms with E-state index in [0.29, 0.717) is 0 Å². The van der Waals surface area contributed by atoms with E-state index in [4.69, 9.17) is 18.9 Å². The molecule has 2 aliphatic rings. The second-order valence-corrected chi connectivity index (χ2v) is 7.46. The van der Waals surface area contributed by atoms with E-state index in [-0.39, 0.29) is 35.0 Å². The first kappa shape index (κ1) is 21.5. The first-order chi connectivity index (χ1) is 14.9. The summed E-state index contributed by atoms with van der Waals surface area (Å²) in [5.41, 5.74) is 1.14. The summed E-state index contributed by atoms with van der Waals surface area (Å²) >= 11 is 0. The third kappa shape index (κ3) is 4.10. The van der Waals surface area contributed by atoms with Crippen molar-refractivity contribution in [2.45, 2.75) is 43.2 Å². The van der Waals surface area contributed by atoms with Gasteiger partial charge in [0, 0.05) is 12.1 Å². The smallest absolute Gasteiger partial charge is 0.229 e. The molecule has 0 saturated carbocycles. The van der Waals surface area contributed by atoms with Crippen molar-refractivity contribution in [3.63, 3.8) is 0 Å². The van der Waals surface area contributed by atoms with Gasteiger partial charge in [-0.25, -0.2) is 0 Å². The lowest BCUT2D eigenvalue weighted by atomic mass is 9.95.